The highest BCUT2D eigenvalue weighted by Gasteiger charge is 2.06. The molecule has 1 heterocycles. The third-order valence-corrected chi connectivity index (χ3v) is 2.54. The van der Waals surface area contributed by atoms with Crippen molar-refractivity contribution in [1.82, 2.24) is 10.2 Å². The summed E-state index contributed by atoms with van der Waals surface area (Å²) in [7, 11) is 0. The molecule has 0 radical (unpaired) electrons. The smallest absolute Gasteiger partial charge is 0.0565 e. The molecule has 0 amide bonds. The predicted octanol–water partition coefficient (Wildman–Crippen LogP) is 2.78. The first-order chi connectivity index (χ1) is 7.18. The number of nitrogens with zero attached hydrogens (tertiary/aromatic N) is 1. The summed E-state index contributed by atoms with van der Waals surface area (Å²) in [6, 6.07) is 6.17. The Morgan fingerprint density at radius 2 is 2.07 bits per heavy atom. The van der Waals surface area contributed by atoms with Gasteiger partial charge < -0.3 is 5.73 Å². The number of hydrogen-bond donors (Lipinski definition) is 2. The van der Waals surface area contributed by atoms with Gasteiger partial charge in [-0.1, -0.05) is 26.0 Å². The monoisotopic (exact) mass is 201 g/mol. The molecule has 15 heavy (non-hydrogen) atoms. The van der Waals surface area contributed by atoms with Crippen LogP contribution in [-0.4, -0.2) is 10.2 Å². The first kappa shape index (κ1) is 9.77. The number of nitrogen functional groups attached to an aromatic ring is 1. The zero-order valence-corrected chi connectivity index (χ0v) is 8.99. The van der Waals surface area contributed by atoms with Crippen LogP contribution in [0.15, 0.2) is 30.6 Å². The molecule has 1 aromatic heterocycles. The summed E-state index contributed by atoms with van der Waals surface area (Å²) in [5.41, 5.74) is 10.2. The van der Waals surface area contributed by atoms with Gasteiger partial charge in [0.1, 0.15) is 0 Å². The first-order valence-corrected chi connectivity index (χ1v) is 5.07. The summed E-state index contributed by atoms with van der Waals surface area (Å²) in [4.78, 5) is 0. The molecular formula is C12H15N3. The highest BCUT2D eigenvalue weighted by molar-refractivity contribution is 5.68. The summed E-state index contributed by atoms with van der Waals surface area (Å²) in [5, 5.41) is 6.71. The van der Waals surface area contributed by atoms with E-state index in [2.05, 4.69) is 36.2 Å². The number of aromatic amines is 1. The number of aromatic nitrogens is 2. The molecule has 78 valence electrons. The Morgan fingerprint density at radius 3 is 2.60 bits per heavy atom. The summed E-state index contributed by atoms with van der Waals surface area (Å²) in [5.74, 6) is 0.461. The fourth-order valence-corrected chi connectivity index (χ4v) is 1.69. The largest absolute Gasteiger partial charge is 0.398 e. The van der Waals surface area contributed by atoms with Crippen LogP contribution in [-0.2, 0) is 0 Å². The maximum atomic E-state index is 6.00. The van der Waals surface area contributed by atoms with Gasteiger partial charge in [-0.15, -0.1) is 0 Å². The summed E-state index contributed by atoms with van der Waals surface area (Å²) >= 11 is 0. The van der Waals surface area contributed by atoms with Gasteiger partial charge in [-0.3, -0.25) is 5.10 Å². The fraction of sp³-hybridized carbons (Fsp3) is 0.250. The van der Waals surface area contributed by atoms with Crippen LogP contribution in [0.1, 0.15) is 25.3 Å². The number of hydrogen-bond acceptors (Lipinski definition) is 2. The van der Waals surface area contributed by atoms with Crippen LogP contribution < -0.4 is 5.73 Å². The lowest BCUT2D eigenvalue weighted by Crippen LogP contribution is -1.96. The van der Waals surface area contributed by atoms with Gasteiger partial charge in [0, 0.05) is 17.4 Å². The summed E-state index contributed by atoms with van der Waals surface area (Å²) in [6.45, 7) is 4.28. The molecule has 1 aromatic carbocycles. The van der Waals surface area contributed by atoms with Crippen LogP contribution in [0, 0.1) is 0 Å². The van der Waals surface area contributed by atoms with E-state index >= 15 is 0 Å². The zero-order valence-electron chi connectivity index (χ0n) is 8.99. The van der Waals surface area contributed by atoms with Crippen molar-refractivity contribution >= 4 is 5.69 Å². The van der Waals surface area contributed by atoms with Gasteiger partial charge in [-0.05, 0) is 23.1 Å². The van der Waals surface area contributed by atoms with Crippen LogP contribution in [0.3, 0.4) is 0 Å². The van der Waals surface area contributed by atoms with Gasteiger partial charge in [0.15, 0.2) is 0 Å². The Hall–Kier alpha value is -1.77. The van der Waals surface area contributed by atoms with Gasteiger partial charge in [0.2, 0.25) is 0 Å². The normalized spacial score (nSPS) is 10.9. The molecule has 0 saturated heterocycles. The minimum Gasteiger partial charge on any atom is -0.398 e. The van der Waals surface area contributed by atoms with Crippen molar-refractivity contribution in [2.75, 3.05) is 5.73 Å². The number of H-pyrrole nitrogens is 1. The van der Waals surface area contributed by atoms with Gasteiger partial charge in [-0.2, -0.15) is 5.10 Å². The second-order valence-electron chi connectivity index (χ2n) is 3.99. The third kappa shape index (κ3) is 1.86. The number of nitrogens with two attached hydrogens (primary N) is 1. The van der Waals surface area contributed by atoms with Crippen LogP contribution in [0.25, 0.3) is 11.1 Å². The molecule has 0 atom stereocenters. The Balaban J connectivity index is 2.42. The van der Waals surface area contributed by atoms with E-state index in [-0.39, 0.29) is 0 Å². The number of anilines is 1. The van der Waals surface area contributed by atoms with E-state index in [4.69, 9.17) is 5.73 Å². The van der Waals surface area contributed by atoms with Crippen LogP contribution in [0.4, 0.5) is 5.69 Å². The van der Waals surface area contributed by atoms with Crippen molar-refractivity contribution in [3.8, 4) is 11.1 Å². The minimum atomic E-state index is 0.461. The summed E-state index contributed by atoms with van der Waals surface area (Å²) in [6.07, 6.45) is 3.66. The van der Waals surface area contributed by atoms with E-state index in [1.807, 2.05) is 12.3 Å². The Bertz CT molecular complexity index is 444. The predicted molar refractivity (Wildman–Crippen MR) is 62.5 cm³/mol. The highest BCUT2D eigenvalue weighted by Crippen LogP contribution is 2.27. The van der Waals surface area contributed by atoms with E-state index in [1.165, 1.54) is 5.56 Å². The molecule has 0 aliphatic carbocycles. The standard InChI is InChI=1S/C12H15N3/c1-8(2)11-4-3-9(5-12(11)13)10-6-14-15-7-10/h3-8H,13H2,1-2H3,(H,14,15). The van der Waals surface area contributed by atoms with Gasteiger partial charge in [0.05, 0.1) is 6.20 Å². The van der Waals surface area contributed by atoms with Crippen LogP contribution in [0.5, 0.6) is 0 Å². The molecule has 3 heteroatoms. The molecule has 3 nitrogen and oxygen atoms in total. The number of nitrogens with one attached hydrogen (secondary N) is 1. The molecule has 2 aromatic rings. The Labute approximate surface area is 89.3 Å². The van der Waals surface area contributed by atoms with E-state index in [0.29, 0.717) is 5.92 Å². The molecule has 2 rings (SSSR count). The minimum absolute atomic E-state index is 0.461. The lowest BCUT2D eigenvalue weighted by Gasteiger charge is -2.10. The van der Waals surface area contributed by atoms with E-state index in [9.17, 15) is 0 Å². The molecule has 0 unspecified atom stereocenters. The average molecular weight is 201 g/mol. The van der Waals surface area contributed by atoms with Crippen molar-refractivity contribution in [1.29, 1.82) is 0 Å². The molecular weight excluding hydrogens is 186 g/mol. The highest BCUT2D eigenvalue weighted by atomic mass is 15.1. The van der Waals surface area contributed by atoms with Crippen molar-refractivity contribution < 1.29 is 0 Å². The van der Waals surface area contributed by atoms with Crippen LogP contribution >= 0.6 is 0 Å². The first-order valence-electron chi connectivity index (χ1n) is 5.07. The Morgan fingerprint density at radius 1 is 1.27 bits per heavy atom. The van der Waals surface area contributed by atoms with E-state index in [1.54, 1.807) is 6.20 Å². The molecule has 0 aliphatic heterocycles. The molecule has 0 bridgehead atoms. The van der Waals surface area contributed by atoms with Gasteiger partial charge in [0.25, 0.3) is 0 Å². The average Bonchev–Trinajstić information content (AvgIpc) is 2.69. The van der Waals surface area contributed by atoms with Gasteiger partial charge in [-0.25, -0.2) is 0 Å². The second kappa shape index (κ2) is 3.77. The third-order valence-electron chi connectivity index (χ3n) is 2.54. The van der Waals surface area contributed by atoms with Crippen molar-refractivity contribution in [2.45, 2.75) is 19.8 Å². The van der Waals surface area contributed by atoms with E-state index < -0.39 is 0 Å². The van der Waals surface area contributed by atoms with Crippen molar-refractivity contribution in [3.05, 3.63) is 36.2 Å². The van der Waals surface area contributed by atoms with Crippen molar-refractivity contribution in [2.24, 2.45) is 0 Å². The zero-order chi connectivity index (χ0) is 10.8. The lowest BCUT2D eigenvalue weighted by molar-refractivity contribution is 0.870. The number of rotatable bonds is 2. The SMILES string of the molecule is CC(C)c1ccc(-c2cn[nH]c2)cc1N. The molecule has 3 N–H and O–H groups in total. The number of benzene rings is 1. The van der Waals surface area contributed by atoms with Crippen LogP contribution in [0.2, 0.25) is 0 Å². The van der Waals surface area contributed by atoms with E-state index in [0.717, 1.165) is 16.8 Å². The quantitative estimate of drug-likeness (QED) is 0.734. The topological polar surface area (TPSA) is 54.7 Å². The molecule has 0 fully saturated rings. The fourth-order valence-electron chi connectivity index (χ4n) is 1.69. The summed E-state index contributed by atoms with van der Waals surface area (Å²) < 4.78 is 0. The lowest BCUT2D eigenvalue weighted by atomic mass is 9.98. The second-order valence-corrected chi connectivity index (χ2v) is 3.99. The van der Waals surface area contributed by atoms with Gasteiger partial charge >= 0.3 is 0 Å². The maximum absolute atomic E-state index is 6.00. The Kier molecular flexibility index (Phi) is 2.46. The molecule has 0 saturated carbocycles. The molecule has 0 spiro atoms. The molecule has 0 aliphatic rings. The van der Waals surface area contributed by atoms with Crippen molar-refractivity contribution in [3.63, 3.8) is 0 Å². The maximum Gasteiger partial charge on any atom is 0.0565 e.